The SMILES string of the molecule is CCCC1(O)CN(C(=O)c2cccc(OC)c2O)C1. The van der Waals surface area contributed by atoms with Gasteiger partial charge in [0, 0.05) is 0 Å². The van der Waals surface area contributed by atoms with E-state index in [4.69, 9.17) is 4.74 Å². The summed E-state index contributed by atoms with van der Waals surface area (Å²) in [7, 11) is 1.44. The number of nitrogens with zero attached hydrogens (tertiary/aromatic N) is 1. The first-order valence-electron chi connectivity index (χ1n) is 6.38. The average molecular weight is 265 g/mol. The Kier molecular flexibility index (Phi) is 3.66. The second kappa shape index (κ2) is 5.09. The number of hydrogen-bond acceptors (Lipinski definition) is 4. The Morgan fingerprint density at radius 1 is 1.47 bits per heavy atom. The van der Waals surface area contributed by atoms with Gasteiger partial charge in [-0.3, -0.25) is 4.79 Å². The Morgan fingerprint density at radius 2 is 2.16 bits per heavy atom. The van der Waals surface area contributed by atoms with Gasteiger partial charge in [0.25, 0.3) is 5.91 Å². The molecule has 1 amide bonds. The minimum absolute atomic E-state index is 0.152. The molecule has 1 saturated heterocycles. The number of rotatable bonds is 4. The number of methoxy groups -OCH3 is 1. The lowest BCUT2D eigenvalue weighted by Crippen LogP contribution is -2.63. The van der Waals surface area contributed by atoms with Gasteiger partial charge in [0.1, 0.15) is 0 Å². The monoisotopic (exact) mass is 265 g/mol. The van der Waals surface area contributed by atoms with Gasteiger partial charge >= 0.3 is 0 Å². The number of β-amino-alcohol motifs (C(OH)–C–C–N with tert-alkyl or cyclic N) is 1. The third-order valence-electron chi connectivity index (χ3n) is 3.42. The van der Waals surface area contributed by atoms with Crippen molar-refractivity contribution in [2.75, 3.05) is 20.2 Å². The molecule has 0 aromatic heterocycles. The molecule has 5 heteroatoms. The third kappa shape index (κ3) is 2.51. The Morgan fingerprint density at radius 3 is 2.74 bits per heavy atom. The molecule has 0 atom stereocenters. The number of hydrogen-bond donors (Lipinski definition) is 2. The van der Waals surface area contributed by atoms with Gasteiger partial charge in [0.15, 0.2) is 11.5 Å². The molecular formula is C14H19NO4. The summed E-state index contributed by atoms with van der Waals surface area (Å²) in [6.07, 6.45) is 1.56. The zero-order valence-electron chi connectivity index (χ0n) is 11.2. The van der Waals surface area contributed by atoms with Crippen molar-refractivity contribution in [3.05, 3.63) is 23.8 Å². The number of para-hydroxylation sites is 1. The summed E-state index contributed by atoms with van der Waals surface area (Å²) < 4.78 is 4.98. The van der Waals surface area contributed by atoms with E-state index in [2.05, 4.69) is 0 Å². The molecule has 1 aliphatic rings. The van der Waals surface area contributed by atoms with Crippen LogP contribution in [0.5, 0.6) is 11.5 Å². The molecule has 1 heterocycles. The fraction of sp³-hybridized carbons (Fsp3) is 0.500. The first-order chi connectivity index (χ1) is 9.00. The van der Waals surface area contributed by atoms with E-state index in [1.54, 1.807) is 18.2 Å². The predicted molar refractivity (Wildman–Crippen MR) is 70.4 cm³/mol. The van der Waals surface area contributed by atoms with Gasteiger partial charge in [-0.1, -0.05) is 19.4 Å². The molecule has 0 aliphatic carbocycles. The number of amides is 1. The lowest BCUT2D eigenvalue weighted by Gasteiger charge is -2.46. The standard InChI is InChI=1S/C14H19NO4/c1-3-7-14(18)8-15(9-14)13(17)10-5-4-6-11(19-2)12(10)16/h4-6,16,18H,3,7-9H2,1-2H3. The number of likely N-dealkylation sites (tertiary alicyclic amines) is 1. The summed E-state index contributed by atoms with van der Waals surface area (Å²) >= 11 is 0. The van der Waals surface area contributed by atoms with Crippen molar-refractivity contribution in [2.45, 2.75) is 25.4 Å². The highest BCUT2D eigenvalue weighted by Gasteiger charge is 2.43. The molecule has 19 heavy (non-hydrogen) atoms. The molecule has 1 aliphatic heterocycles. The molecule has 0 spiro atoms. The smallest absolute Gasteiger partial charge is 0.257 e. The van der Waals surface area contributed by atoms with Crippen LogP contribution in [-0.2, 0) is 0 Å². The fourth-order valence-electron chi connectivity index (χ4n) is 2.46. The topological polar surface area (TPSA) is 70.0 Å². The molecule has 1 aromatic rings. The molecule has 2 rings (SSSR count). The minimum atomic E-state index is -0.765. The Hall–Kier alpha value is -1.75. The Bertz CT molecular complexity index is 480. The van der Waals surface area contributed by atoms with Crippen LogP contribution in [0.15, 0.2) is 18.2 Å². The van der Waals surface area contributed by atoms with E-state index in [0.717, 1.165) is 6.42 Å². The van der Waals surface area contributed by atoms with Crippen LogP contribution in [-0.4, -0.2) is 46.8 Å². The number of carbonyl (C=O) groups is 1. The molecule has 1 fully saturated rings. The maximum atomic E-state index is 12.2. The van der Waals surface area contributed by atoms with Gasteiger partial charge in [-0.05, 0) is 18.6 Å². The summed E-state index contributed by atoms with van der Waals surface area (Å²) in [4.78, 5) is 13.7. The predicted octanol–water partition coefficient (Wildman–Crippen LogP) is 1.39. The van der Waals surface area contributed by atoms with Crippen LogP contribution in [0.3, 0.4) is 0 Å². The first-order valence-corrected chi connectivity index (χ1v) is 6.38. The fourth-order valence-corrected chi connectivity index (χ4v) is 2.46. The van der Waals surface area contributed by atoms with Crippen LogP contribution in [0.25, 0.3) is 0 Å². The number of aromatic hydroxyl groups is 1. The molecular weight excluding hydrogens is 246 g/mol. The van der Waals surface area contributed by atoms with Gasteiger partial charge in [-0.15, -0.1) is 0 Å². The van der Waals surface area contributed by atoms with Crippen molar-refractivity contribution in [3.8, 4) is 11.5 Å². The van der Waals surface area contributed by atoms with E-state index in [0.29, 0.717) is 19.5 Å². The molecule has 0 saturated carbocycles. The summed E-state index contributed by atoms with van der Waals surface area (Å²) in [5, 5.41) is 20.0. The van der Waals surface area contributed by atoms with E-state index in [1.807, 2.05) is 6.92 Å². The van der Waals surface area contributed by atoms with Gasteiger partial charge in [0.2, 0.25) is 0 Å². The van der Waals surface area contributed by atoms with Crippen LogP contribution in [0.1, 0.15) is 30.1 Å². The van der Waals surface area contributed by atoms with Crippen molar-refractivity contribution < 1.29 is 19.7 Å². The summed E-state index contributed by atoms with van der Waals surface area (Å²) in [6.45, 7) is 2.63. The highest BCUT2D eigenvalue weighted by molar-refractivity contribution is 5.98. The third-order valence-corrected chi connectivity index (χ3v) is 3.42. The van der Waals surface area contributed by atoms with Crippen LogP contribution in [0, 0.1) is 0 Å². The number of phenols is 1. The van der Waals surface area contributed by atoms with Gasteiger partial charge in [-0.25, -0.2) is 0 Å². The number of carbonyl (C=O) groups excluding carboxylic acids is 1. The van der Waals surface area contributed by atoms with Crippen molar-refractivity contribution in [1.82, 2.24) is 4.90 Å². The van der Waals surface area contributed by atoms with Crippen molar-refractivity contribution in [1.29, 1.82) is 0 Å². The summed E-state index contributed by atoms with van der Waals surface area (Å²) in [5.74, 6) is -0.159. The molecule has 104 valence electrons. The largest absolute Gasteiger partial charge is 0.504 e. The number of phenolic OH excluding ortho intramolecular Hbond substituents is 1. The molecule has 2 N–H and O–H groups in total. The number of ether oxygens (including phenoxy) is 1. The van der Waals surface area contributed by atoms with E-state index in [9.17, 15) is 15.0 Å². The summed E-state index contributed by atoms with van der Waals surface area (Å²) in [5.41, 5.74) is -0.559. The minimum Gasteiger partial charge on any atom is -0.504 e. The maximum absolute atomic E-state index is 12.2. The molecule has 0 unspecified atom stereocenters. The van der Waals surface area contributed by atoms with Gasteiger partial charge in [-0.2, -0.15) is 0 Å². The molecule has 0 bridgehead atoms. The maximum Gasteiger partial charge on any atom is 0.257 e. The van der Waals surface area contributed by atoms with Crippen molar-refractivity contribution in [3.63, 3.8) is 0 Å². The van der Waals surface area contributed by atoms with Crippen LogP contribution < -0.4 is 4.74 Å². The average Bonchev–Trinajstić information content (AvgIpc) is 2.35. The lowest BCUT2D eigenvalue weighted by molar-refractivity contribution is -0.0860. The normalized spacial score (nSPS) is 16.9. The van der Waals surface area contributed by atoms with Crippen molar-refractivity contribution >= 4 is 5.91 Å². The van der Waals surface area contributed by atoms with E-state index >= 15 is 0 Å². The van der Waals surface area contributed by atoms with Crippen LogP contribution in [0.2, 0.25) is 0 Å². The van der Waals surface area contributed by atoms with Gasteiger partial charge < -0.3 is 19.8 Å². The second-order valence-electron chi connectivity index (χ2n) is 4.99. The Balaban J connectivity index is 2.10. The summed E-state index contributed by atoms with van der Waals surface area (Å²) in [6, 6.07) is 4.80. The highest BCUT2D eigenvalue weighted by Crippen LogP contribution is 2.33. The second-order valence-corrected chi connectivity index (χ2v) is 4.99. The first kappa shape index (κ1) is 13.7. The highest BCUT2D eigenvalue weighted by atomic mass is 16.5. The van der Waals surface area contributed by atoms with E-state index in [1.165, 1.54) is 12.0 Å². The van der Waals surface area contributed by atoms with Crippen LogP contribution in [0.4, 0.5) is 0 Å². The molecule has 0 radical (unpaired) electrons. The van der Waals surface area contributed by atoms with E-state index < -0.39 is 5.60 Å². The number of aliphatic hydroxyl groups is 1. The van der Waals surface area contributed by atoms with Crippen LogP contribution >= 0.6 is 0 Å². The molecule has 5 nitrogen and oxygen atoms in total. The zero-order valence-corrected chi connectivity index (χ0v) is 11.2. The van der Waals surface area contributed by atoms with Crippen molar-refractivity contribution in [2.24, 2.45) is 0 Å². The number of benzene rings is 1. The quantitative estimate of drug-likeness (QED) is 0.863. The van der Waals surface area contributed by atoms with E-state index in [-0.39, 0.29) is 23.0 Å². The Labute approximate surface area is 112 Å². The molecule has 1 aromatic carbocycles. The lowest BCUT2D eigenvalue weighted by atomic mass is 9.88. The van der Waals surface area contributed by atoms with Gasteiger partial charge in [0.05, 0.1) is 31.4 Å². The zero-order chi connectivity index (χ0) is 14.0.